The first kappa shape index (κ1) is 27.0. The molecule has 0 aromatic carbocycles. The highest BCUT2D eigenvalue weighted by atomic mass is 32.1. The predicted octanol–water partition coefficient (Wildman–Crippen LogP) is 3.12. The number of carbonyl (C=O) groups is 2. The Morgan fingerprint density at radius 1 is 1.12 bits per heavy atom. The van der Waals surface area contributed by atoms with Crippen molar-refractivity contribution in [1.29, 1.82) is 0 Å². The molecule has 2 aliphatic heterocycles. The summed E-state index contributed by atoms with van der Waals surface area (Å²) in [5.74, 6) is 1.44. The van der Waals surface area contributed by atoms with Crippen molar-refractivity contribution in [2.75, 3.05) is 33.3 Å². The van der Waals surface area contributed by atoms with Gasteiger partial charge in [-0.2, -0.15) is 0 Å². The van der Waals surface area contributed by atoms with Crippen LogP contribution in [0.1, 0.15) is 41.2 Å². The van der Waals surface area contributed by atoms with E-state index in [1.54, 1.807) is 0 Å². The number of likely N-dealkylation sites (tertiary alicyclic amines) is 2. The molecule has 2 N–H and O–H groups in total. The zero-order valence-corrected chi connectivity index (χ0v) is 20.2. The fourth-order valence-corrected chi connectivity index (χ4v) is 5.40. The molecule has 0 spiro atoms. The molecule has 10 heteroatoms. The molecule has 2 atom stereocenters. The lowest BCUT2D eigenvalue weighted by Crippen LogP contribution is -2.28. The molecule has 2 saturated heterocycles. The van der Waals surface area contributed by atoms with E-state index in [9.17, 15) is 0 Å². The highest BCUT2D eigenvalue weighted by molar-refractivity contribution is 7.10. The van der Waals surface area contributed by atoms with Gasteiger partial charge in [-0.25, -0.2) is 0 Å². The van der Waals surface area contributed by atoms with Crippen molar-refractivity contribution in [1.82, 2.24) is 15.0 Å². The fourth-order valence-electron chi connectivity index (χ4n) is 4.48. The van der Waals surface area contributed by atoms with E-state index in [-0.39, 0.29) is 19.0 Å². The van der Waals surface area contributed by atoms with Crippen molar-refractivity contribution in [2.24, 2.45) is 5.92 Å². The van der Waals surface area contributed by atoms with Crippen LogP contribution in [0.25, 0.3) is 0 Å². The van der Waals surface area contributed by atoms with Crippen molar-refractivity contribution in [3.05, 3.63) is 39.4 Å². The minimum absolute atomic E-state index is 0.250. The average Bonchev–Trinajstić information content (AvgIpc) is 3.51. The molecule has 0 amide bonds. The van der Waals surface area contributed by atoms with Crippen LogP contribution in [0.4, 0.5) is 0 Å². The second-order valence-corrected chi connectivity index (χ2v) is 9.33. The van der Waals surface area contributed by atoms with Crippen molar-refractivity contribution in [2.45, 2.75) is 51.8 Å². The summed E-state index contributed by atoms with van der Waals surface area (Å²) in [5.41, 5.74) is 2.43. The van der Waals surface area contributed by atoms with Gasteiger partial charge < -0.3 is 19.5 Å². The van der Waals surface area contributed by atoms with Gasteiger partial charge in [-0.05, 0) is 49.9 Å². The maximum atomic E-state index is 8.36. The number of ether oxygens (including phenoxy) is 1. The molecule has 0 aliphatic carbocycles. The number of hydrogen-bond donors (Lipinski definition) is 2. The molecule has 9 nitrogen and oxygen atoms in total. The molecule has 0 saturated carbocycles. The van der Waals surface area contributed by atoms with Crippen LogP contribution < -0.4 is 0 Å². The third-order valence-corrected chi connectivity index (χ3v) is 6.81. The van der Waals surface area contributed by atoms with Gasteiger partial charge in [0, 0.05) is 56.6 Å². The molecular formula is C23H35N3O6S. The summed E-state index contributed by atoms with van der Waals surface area (Å²) < 4.78 is 11.2. The Labute approximate surface area is 198 Å². The first-order valence-electron chi connectivity index (χ1n) is 11.1. The Hall–Kier alpha value is -2.27. The summed E-state index contributed by atoms with van der Waals surface area (Å²) in [7, 11) is 1.83. The zero-order valence-electron chi connectivity index (χ0n) is 19.4. The maximum Gasteiger partial charge on any atom is 0.290 e. The lowest BCUT2D eigenvalue weighted by Gasteiger charge is -2.25. The lowest BCUT2D eigenvalue weighted by atomic mass is 10.0. The average molecular weight is 482 g/mol. The molecule has 0 unspecified atom stereocenters. The van der Waals surface area contributed by atoms with E-state index in [1.807, 2.05) is 31.4 Å². The predicted molar refractivity (Wildman–Crippen MR) is 125 cm³/mol. The molecule has 2 fully saturated rings. The number of carboxylic acid groups (broad SMARTS) is 2. The summed E-state index contributed by atoms with van der Waals surface area (Å²) in [5, 5.41) is 20.1. The Kier molecular flexibility index (Phi) is 12.1. The van der Waals surface area contributed by atoms with Gasteiger partial charge in [0.2, 0.25) is 0 Å². The van der Waals surface area contributed by atoms with Gasteiger partial charge >= 0.3 is 0 Å². The Bertz CT molecular complexity index is 815. The minimum Gasteiger partial charge on any atom is -0.483 e. The highest BCUT2D eigenvalue weighted by Crippen LogP contribution is 2.27. The number of rotatable bonds is 7. The fraction of sp³-hybridized carbons (Fsp3) is 0.609. The number of piperidine rings is 1. The molecule has 0 radical (unpaired) electrons. The molecular weight excluding hydrogens is 446 g/mol. The van der Waals surface area contributed by atoms with E-state index in [4.69, 9.17) is 29.1 Å². The highest BCUT2D eigenvalue weighted by Gasteiger charge is 2.33. The molecule has 0 bridgehead atoms. The number of aromatic nitrogens is 1. The number of nitrogens with zero attached hydrogens (tertiary/aromatic N) is 3. The van der Waals surface area contributed by atoms with Crippen LogP contribution in [-0.2, 0) is 33.8 Å². The third kappa shape index (κ3) is 9.24. The van der Waals surface area contributed by atoms with E-state index < -0.39 is 0 Å². The van der Waals surface area contributed by atoms with Crippen molar-refractivity contribution < 1.29 is 29.1 Å². The quantitative estimate of drug-likeness (QED) is 0.575. The molecule has 2 aromatic heterocycles. The third-order valence-electron chi connectivity index (χ3n) is 5.84. The van der Waals surface area contributed by atoms with Crippen LogP contribution in [0.3, 0.4) is 0 Å². The van der Waals surface area contributed by atoms with Crippen molar-refractivity contribution >= 4 is 24.3 Å². The van der Waals surface area contributed by atoms with Gasteiger partial charge in [0.05, 0.1) is 11.8 Å². The largest absolute Gasteiger partial charge is 0.483 e. The van der Waals surface area contributed by atoms with E-state index in [0.29, 0.717) is 5.92 Å². The molecule has 2 aromatic rings. The Balaban J connectivity index is 0.000000582. The first-order chi connectivity index (χ1) is 16.0. The summed E-state index contributed by atoms with van der Waals surface area (Å²) >= 11 is 1.90. The van der Waals surface area contributed by atoms with Crippen molar-refractivity contribution in [3.8, 4) is 0 Å². The van der Waals surface area contributed by atoms with E-state index in [1.165, 1.54) is 42.8 Å². The van der Waals surface area contributed by atoms with Crippen LogP contribution in [0, 0.1) is 12.8 Å². The number of thiophene rings is 1. The molecule has 4 rings (SSSR count). The monoisotopic (exact) mass is 481 g/mol. The number of aryl methyl sites for hydroxylation is 1. The topological polar surface area (TPSA) is 116 Å². The van der Waals surface area contributed by atoms with Gasteiger partial charge in [-0.3, -0.25) is 19.4 Å². The lowest BCUT2D eigenvalue weighted by molar-refractivity contribution is -0.123. The Morgan fingerprint density at radius 2 is 1.82 bits per heavy atom. The van der Waals surface area contributed by atoms with E-state index in [0.717, 1.165) is 44.1 Å². The normalized spacial score (nSPS) is 20.9. The maximum absolute atomic E-state index is 8.36. The zero-order chi connectivity index (χ0) is 24.1. The van der Waals surface area contributed by atoms with Gasteiger partial charge in [0.25, 0.3) is 12.9 Å². The Morgan fingerprint density at radius 3 is 2.42 bits per heavy atom. The van der Waals surface area contributed by atoms with Crippen LogP contribution >= 0.6 is 11.3 Å². The van der Waals surface area contributed by atoms with Crippen LogP contribution in [0.5, 0.6) is 0 Å². The summed E-state index contributed by atoms with van der Waals surface area (Å²) in [6.07, 6.45) is 5.28. The summed E-state index contributed by atoms with van der Waals surface area (Å²) in [6, 6.07) is 4.45. The second-order valence-electron chi connectivity index (χ2n) is 8.34. The molecule has 4 heterocycles. The van der Waals surface area contributed by atoms with Crippen molar-refractivity contribution in [3.63, 3.8) is 0 Å². The van der Waals surface area contributed by atoms with Gasteiger partial charge in [-0.15, -0.1) is 11.3 Å². The molecule has 33 heavy (non-hydrogen) atoms. The number of methoxy groups -OCH3 is 1. The SMILES string of the molecule is CO[C@H]1CN(Cc2cc(CN3CCCCC3)cs2)C[C@H]1Cc1cc(C)no1.O=CO.O=CO. The first-order valence-corrected chi connectivity index (χ1v) is 12.0. The van der Waals surface area contributed by atoms with Gasteiger partial charge in [0.15, 0.2) is 0 Å². The van der Waals surface area contributed by atoms with E-state index >= 15 is 0 Å². The standard InChI is InChI=1S/C21H31N3O2S.2CH2O2/c1-16-8-19(26-22-16)10-18-12-24(14-21(18)25-2)13-20-9-17(15-27-20)11-23-6-4-3-5-7-23;2*2-1-3/h8-9,15,18,21H,3-7,10-14H2,1-2H3;2*1H,(H,2,3)/t18-,21+;;/m1../s1. The van der Waals surface area contributed by atoms with Gasteiger partial charge in [-0.1, -0.05) is 11.6 Å². The molecule has 2 aliphatic rings. The van der Waals surface area contributed by atoms with Crippen LogP contribution in [0.2, 0.25) is 0 Å². The van der Waals surface area contributed by atoms with Gasteiger partial charge in [0.1, 0.15) is 5.76 Å². The summed E-state index contributed by atoms with van der Waals surface area (Å²) in [6.45, 7) is 8.18. The van der Waals surface area contributed by atoms with Crippen LogP contribution in [0.15, 0.2) is 22.0 Å². The van der Waals surface area contributed by atoms with Crippen LogP contribution in [-0.4, -0.2) is 77.5 Å². The summed E-state index contributed by atoms with van der Waals surface area (Å²) in [4.78, 5) is 23.3. The minimum atomic E-state index is -0.250. The van der Waals surface area contributed by atoms with E-state index in [2.05, 4.69) is 26.4 Å². The second kappa shape index (κ2) is 14.8. The smallest absolute Gasteiger partial charge is 0.290 e. The number of hydrogen-bond acceptors (Lipinski definition) is 8. The molecule has 184 valence electrons.